The summed E-state index contributed by atoms with van der Waals surface area (Å²) in [5.74, 6) is -0.606. The first-order chi connectivity index (χ1) is 14.2. The third-order valence-electron chi connectivity index (χ3n) is 4.72. The van der Waals surface area contributed by atoms with E-state index in [1.165, 1.54) is 24.1 Å². The van der Waals surface area contributed by atoms with E-state index in [2.05, 4.69) is 20.4 Å². The van der Waals surface area contributed by atoms with Gasteiger partial charge >= 0.3 is 0 Å². The highest BCUT2D eigenvalue weighted by atomic mass is 16.5. The molecule has 1 fully saturated rings. The molecule has 0 aromatic carbocycles. The van der Waals surface area contributed by atoms with E-state index in [1.807, 2.05) is 20.8 Å². The normalized spacial score (nSPS) is 14.1. The van der Waals surface area contributed by atoms with Gasteiger partial charge in [0.25, 0.3) is 11.5 Å². The number of methoxy groups -OCH3 is 1. The molecule has 0 spiro atoms. The third kappa shape index (κ3) is 3.72. The van der Waals surface area contributed by atoms with Crippen molar-refractivity contribution in [3.63, 3.8) is 0 Å². The van der Waals surface area contributed by atoms with Gasteiger partial charge in [-0.3, -0.25) is 14.2 Å². The second-order valence-corrected chi connectivity index (χ2v) is 8.64. The van der Waals surface area contributed by atoms with Crippen LogP contribution in [0.25, 0.3) is 17.0 Å². The van der Waals surface area contributed by atoms with Crippen molar-refractivity contribution >= 4 is 11.6 Å². The minimum Gasteiger partial charge on any atom is -0.494 e. The van der Waals surface area contributed by atoms with Crippen molar-refractivity contribution in [3.8, 4) is 23.1 Å². The average molecular weight is 412 g/mol. The van der Waals surface area contributed by atoms with Gasteiger partial charge in [-0.25, -0.2) is 9.97 Å². The third-order valence-corrected chi connectivity index (χ3v) is 4.72. The van der Waals surface area contributed by atoms with E-state index in [9.17, 15) is 14.7 Å². The molecule has 10 heteroatoms. The predicted octanol–water partition coefficient (Wildman–Crippen LogP) is 1.61. The Morgan fingerprint density at radius 2 is 2.00 bits per heavy atom. The Morgan fingerprint density at radius 3 is 2.57 bits per heavy atom. The van der Waals surface area contributed by atoms with Crippen LogP contribution in [0.5, 0.6) is 11.8 Å². The highest BCUT2D eigenvalue weighted by Gasteiger charge is 2.30. The number of carbonyl (C=O) groups excluding carboxylic acids is 1. The Hall–Kier alpha value is -3.43. The molecule has 10 nitrogen and oxygen atoms in total. The molecule has 0 radical (unpaired) electrons. The number of hydrogen-bond donors (Lipinski definition) is 2. The first kappa shape index (κ1) is 19.9. The van der Waals surface area contributed by atoms with Crippen molar-refractivity contribution in [3.05, 3.63) is 34.4 Å². The maximum absolute atomic E-state index is 13.1. The van der Waals surface area contributed by atoms with Gasteiger partial charge in [0.05, 0.1) is 19.5 Å². The average Bonchev–Trinajstić information content (AvgIpc) is 3.38. The first-order valence-corrected chi connectivity index (χ1v) is 9.71. The second kappa shape index (κ2) is 7.12. The van der Waals surface area contributed by atoms with Crippen LogP contribution in [0.15, 0.2) is 23.3 Å². The van der Waals surface area contributed by atoms with Crippen LogP contribution in [0, 0.1) is 5.41 Å². The Bertz CT molecular complexity index is 1170. The summed E-state index contributed by atoms with van der Waals surface area (Å²) in [5, 5.41) is 18.0. The van der Waals surface area contributed by atoms with Crippen LogP contribution in [-0.4, -0.2) is 48.3 Å². The summed E-state index contributed by atoms with van der Waals surface area (Å²) in [4.78, 5) is 34.1. The lowest BCUT2D eigenvalue weighted by Crippen LogP contribution is -2.35. The number of nitrogens with one attached hydrogen (secondary N) is 1. The number of hydrogen-bond acceptors (Lipinski definition) is 7. The van der Waals surface area contributed by atoms with Crippen molar-refractivity contribution in [2.75, 3.05) is 7.11 Å². The van der Waals surface area contributed by atoms with Gasteiger partial charge in [-0.1, -0.05) is 20.8 Å². The van der Waals surface area contributed by atoms with Crippen molar-refractivity contribution in [1.29, 1.82) is 0 Å². The number of carbonyl (C=O) groups is 1. The number of aromatic nitrogens is 5. The Morgan fingerprint density at radius 1 is 1.27 bits per heavy atom. The number of fused-ring (bicyclic) bond motifs is 1. The fourth-order valence-corrected chi connectivity index (χ4v) is 3.15. The van der Waals surface area contributed by atoms with E-state index in [4.69, 9.17) is 4.74 Å². The molecular formula is C20H24N6O4. The first-order valence-electron chi connectivity index (χ1n) is 9.71. The molecule has 0 aliphatic heterocycles. The molecule has 1 saturated carbocycles. The smallest absolute Gasteiger partial charge is 0.291 e. The topological polar surface area (TPSA) is 124 Å². The monoisotopic (exact) mass is 412 g/mol. The van der Waals surface area contributed by atoms with Gasteiger partial charge in [0, 0.05) is 18.7 Å². The van der Waals surface area contributed by atoms with E-state index in [1.54, 1.807) is 6.07 Å². The number of rotatable bonds is 5. The molecule has 1 aliphatic rings. The molecule has 1 amide bonds. The Labute approximate surface area is 172 Å². The Kier molecular flexibility index (Phi) is 4.71. The van der Waals surface area contributed by atoms with Gasteiger partial charge in [0.2, 0.25) is 11.8 Å². The lowest BCUT2D eigenvalue weighted by Gasteiger charge is -2.23. The molecule has 0 atom stereocenters. The maximum Gasteiger partial charge on any atom is 0.291 e. The summed E-state index contributed by atoms with van der Waals surface area (Å²) in [6.45, 7) is 6.36. The zero-order chi connectivity index (χ0) is 21.6. The molecule has 0 bridgehead atoms. The van der Waals surface area contributed by atoms with Crippen molar-refractivity contribution < 1.29 is 14.6 Å². The van der Waals surface area contributed by atoms with E-state index < -0.39 is 11.5 Å². The summed E-state index contributed by atoms with van der Waals surface area (Å²) >= 11 is 0. The molecule has 0 saturated heterocycles. The minimum absolute atomic E-state index is 0.0471. The summed E-state index contributed by atoms with van der Waals surface area (Å²) in [6.07, 6.45) is 4.67. The summed E-state index contributed by atoms with van der Waals surface area (Å²) in [6, 6.07) is 1.69. The number of amides is 1. The standard InChI is InChI=1S/C20H24N6O4/c1-20(2,3)10-25-15-7-12(13-8-22-14(30-4)9-21-13)24-26(15)19(29)16(18(25)28)17(27)23-11-5-6-11/h7-9,11,28H,5-6,10H2,1-4H3,(H,23,27). The van der Waals surface area contributed by atoms with E-state index in [-0.39, 0.29) is 22.9 Å². The zero-order valence-electron chi connectivity index (χ0n) is 17.3. The van der Waals surface area contributed by atoms with E-state index in [0.717, 1.165) is 17.4 Å². The maximum atomic E-state index is 13.1. The SMILES string of the molecule is COc1cnc(-c2cc3n(CC(C)(C)C)c(O)c(C(=O)NC4CC4)c(=O)n3n2)cn1. The lowest BCUT2D eigenvalue weighted by molar-refractivity contribution is 0.0944. The molecule has 3 aromatic rings. The second-order valence-electron chi connectivity index (χ2n) is 8.64. The molecule has 30 heavy (non-hydrogen) atoms. The lowest BCUT2D eigenvalue weighted by atomic mass is 9.96. The molecule has 4 rings (SSSR count). The van der Waals surface area contributed by atoms with Crippen LogP contribution < -0.4 is 15.6 Å². The molecule has 1 aliphatic carbocycles. The molecule has 158 valence electrons. The summed E-state index contributed by atoms with van der Waals surface area (Å²) < 4.78 is 7.69. The van der Waals surface area contributed by atoms with Gasteiger partial charge < -0.3 is 15.2 Å². The van der Waals surface area contributed by atoms with Crippen molar-refractivity contribution in [2.45, 2.75) is 46.2 Å². The van der Waals surface area contributed by atoms with Gasteiger partial charge in [-0.15, -0.1) is 0 Å². The minimum atomic E-state index is -0.682. The molecule has 2 N–H and O–H groups in total. The van der Waals surface area contributed by atoms with E-state index >= 15 is 0 Å². The number of ether oxygens (including phenoxy) is 1. The fourth-order valence-electron chi connectivity index (χ4n) is 3.15. The highest BCUT2D eigenvalue weighted by Crippen LogP contribution is 2.27. The fraction of sp³-hybridized carbons (Fsp3) is 0.450. The van der Waals surface area contributed by atoms with Crippen LogP contribution in [0.3, 0.4) is 0 Å². The number of nitrogens with zero attached hydrogens (tertiary/aromatic N) is 5. The van der Waals surface area contributed by atoms with Gasteiger partial charge in [0.15, 0.2) is 5.56 Å². The van der Waals surface area contributed by atoms with Gasteiger partial charge in [-0.05, 0) is 18.3 Å². The Balaban J connectivity index is 1.90. The van der Waals surface area contributed by atoms with Crippen molar-refractivity contribution in [1.82, 2.24) is 29.5 Å². The molecule has 3 aromatic heterocycles. The molecule has 0 unspecified atom stereocenters. The molecular weight excluding hydrogens is 388 g/mol. The van der Waals surface area contributed by atoms with Crippen LogP contribution >= 0.6 is 0 Å². The van der Waals surface area contributed by atoms with Crippen molar-refractivity contribution in [2.24, 2.45) is 5.41 Å². The summed E-state index contributed by atoms with van der Waals surface area (Å²) in [7, 11) is 1.49. The van der Waals surface area contributed by atoms with Crippen LogP contribution in [0.4, 0.5) is 0 Å². The quantitative estimate of drug-likeness (QED) is 0.652. The van der Waals surface area contributed by atoms with Gasteiger partial charge in [-0.2, -0.15) is 9.61 Å². The highest BCUT2D eigenvalue weighted by molar-refractivity contribution is 5.96. The van der Waals surface area contributed by atoms with Crippen LogP contribution in [0.2, 0.25) is 0 Å². The largest absolute Gasteiger partial charge is 0.494 e. The predicted molar refractivity (Wildman–Crippen MR) is 109 cm³/mol. The number of aromatic hydroxyl groups is 1. The van der Waals surface area contributed by atoms with Crippen LogP contribution in [-0.2, 0) is 6.54 Å². The molecule has 3 heterocycles. The van der Waals surface area contributed by atoms with Crippen LogP contribution in [0.1, 0.15) is 44.0 Å². The van der Waals surface area contributed by atoms with Gasteiger partial charge in [0.1, 0.15) is 17.0 Å². The summed E-state index contributed by atoms with van der Waals surface area (Å²) in [5.41, 5.74) is -0.0360. The van der Waals surface area contributed by atoms with E-state index in [0.29, 0.717) is 29.5 Å². The zero-order valence-corrected chi connectivity index (χ0v) is 17.3.